The zero-order valence-electron chi connectivity index (χ0n) is 9.54. The van der Waals surface area contributed by atoms with Crippen molar-refractivity contribution in [3.63, 3.8) is 0 Å². The van der Waals surface area contributed by atoms with Gasteiger partial charge in [-0.05, 0) is 24.5 Å². The minimum atomic E-state index is -0.631. The number of amides is 1. The average Bonchev–Trinajstić information content (AvgIpc) is 2.22. The van der Waals surface area contributed by atoms with E-state index in [-0.39, 0.29) is 12.0 Å². The number of aliphatic hydroxyl groups is 1. The fraction of sp³-hybridized carbons (Fsp3) is 0.700. The number of aliphatic hydroxyl groups excluding tert-OH is 1. The van der Waals surface area contributed by atoms with E-state index in [4.69, 9.17) is 0 Å². The monoisotopic (exact) mass is 249 g/mol. The SMILES string of the molecule is CC(C)C(=CC(O)SS)C(C)N(C)C=O. The lowest BCUT2D eigenvalue weighted by Crippen LogP contribution is -2.31. The molecule has 2 atom stereocenters. The number of likely N-dealkylation sites (N-methyl/N-ethyl adjacent to an activating group) is 1. The van der Waals surface area contributed by atoms with Gasteiger partial charge >= 0.3 is 0 Å². The van der Waals surface area contributed by atoms with E-state index in [9.17, 15) is 9.90 Å². The molecule has 88 valence electrons. The molecule has 0 aromatic heterocycles. The van der Waals surface area contributed by atoms with Crippen LogP contribution in [0.1, 0.15) is 20.8 Å². The highest BCUT2D eigenvalue weighted by Crippen LogP contribution is 2.22. The predicted octanol–water partition coefficient (Wildman–Crippen LogP) is 1.94. The lowest BCUT2D eigenvalue weighted by atomic mass is 9.96. The quantitative estimate of drug-likeness (QED) is 0.248. The van der Waals surface area contributed by atoms with Gasteiger partial charge in [0.15, 0.2) is 0 Å². The summed E-state index contributed by atoms with van der Waals surface area (Å²) in [6, 6.07) is -0.00219. The smallest absolute Gasteiger partial charge is 0.209 e. The van der Waals surface area contributed by atoms with Crippen molar-refractivity contribution in [1.29, 1.82) is 0 Å². The third kappa shape index (κ3) is 4.95. The molecule has 0 aromatic carbocycles. The first-order valence-corrected chi connectivity index (χ1v) is 6.74. The normalized spacial score (nSPS) is 16.3. The Balaban J connectivity index is 4.80. The zero-order chi connectivity index (χ0) is 12.0. The second kappa shape index (κ2) is 7.19. The van der Waals surface area contributed by atoms with E-state index in [1.165, 1.54) is 0 Å². The van der Waals surface area contributed by atoms with Crippen LogP contribution in [0.3, 0.4) is 0 Å². The molecule has 2 unspecified atom stereocenters. The van der Waals surface area contributed by atoms with E-state index >= 15 is 0 Å². The first kappa shape index (κ1) is 14.9. The van der Waals surface area contributed by atoms with Crippen LogP contribution in [0.2, 0.25) is 0 Å². The van der Waals surface area contributed by atoms with Gasteiger partial charge in [0, 0.05) is 13.1 Å². The molecule has 1 amide bonds. The lowest BCUT2D eigenvalue weighted by molar-refractivity contribution is -0.118. The topological polar surface area (TPSA) is 40.5 Å². The number of thiol groups is 1. The number of rotatable bonds is 6. The van der Waals surface area contributed by atoms with E-state index in [2.05, 4.69) is 11.7 Å². The summed E-state index contributed by atoms with van der Waals surface area (Å²) in [5.41, 5.74) is 0.409. The van der Waals surface area contributed by atoms with Crippen LogP contribution in [-0.2, 0) is 4.79 Å². The number of hydrogen-bond acceptors (Lipinski definition) is 4. The molecular formula is C10H19NO2S2. The van der Waals surface area contributed by atoms with Crippen LogP contribution in [0.25, 0.3) is 0 Å². The predicted molar refractivity (Wildman–Crippen MR) is 68.8 cm³/mol. The molecule has 3 nitrogen and oxygen atoms in total. The standard InChI is InChI=1S/C10H19NO2S2/c1-7(2)9(5-10(13)15-14)8(3)11(4)6-12/h5-8,10,13-14H,1-4H3. The summed E-state index contributed by atoms with van der Waals surface area (Å²) in [6.07, 6.45) is 2.55. The van der Waals surface area contributed by atoms with Crippen LogP contribution < -0.4 is 0 Å². The number of carbonyl (C=O) groups excluding carboxylic acids is 1. The Morgan fingerprint density at radius 2 is 2.00 bits per heavy atom. The summed E-state index contributed by atoms with van der Waals surface area (Å²) in [6.45, 7) is 6.02. The molecule has 0 aliphatic carbocycles. The van der Waals surface area contributed by atoms with Crippen LogP contribution in [0, 0.1) is 5.92 Å². The van der Waals surface area contributed by atoms with E-state index < -0.39 is 5.44 Å². The second-order valence-electron chi connectivity index (χ2n) is 3.76. The summed E-state index contributed by atoms with van der Waals surface area (Å²) in [5.74, 6) is 0.289. The highest BCUT2D eigenvalue weighted by molar-refractivity contribution is 8.68. The Labute approximate surface area is 101 Å². The van der Waals surface area contributed by atoms with Crippen molar-refractivity contribution in [3.05, 3.63) is 11.6 Å². The molecule has 0 bridgehead atoms. The highest BCUT2D eigenvalue weighted by atomic mass is 33.1. The molecule has 1 N–H and O–H groups in total. The van der Waals surface area contributed by atoms with Gasteiger partial charge in [-0.25, -0.2) is 0 Å². The Bertz CT molecular complexity index is 231. The molecule has 0 saturated heterocycles. The Morgan fingerprint density at radius 1 is 1.47 bits per heavy atom. The molecule has 0 radical (unpaired) electrons. The zero-order valence-corrected chi connectivity index (χ0v) is 11.3. The molecule has 0 aliphatic rings. The number of carbonyl (C=O) groups is 1. The molecule has 5 heteroatoms. The van der Waals surface area contributed by atoms with Crippen molar-refractivity contribution < 1.29 is 9.90 Å². The van der Waals surface area contributed by atoms with E-state index in [0.717, 1.165) is 22.8 Å². The van der Waals surface area contributed by atoms with Gasteiger partial charge in [0.25, 0.3) is 0 Å². The second-order valence-corrected chi connectivity index (χ2v) is 5.09. The van der Waals surface area contributed by atoms with Gasteiger partial charge in [0.1, 0.15) is 5.44 Å². The van der Waals surface area contributed by atoms with Crippen LogP contribution in [0.5, 0.6) is 0 Å². The van der Waals surface area contributed by atoms with Gasteiger partial charge in [-0.2, -0.15) is 0 Å². The Morgan fingerprint density at radius 3 is 2.33 bits per heavy atom. The number of hydrogen-bond donors (Lipinski definition) is 2. The van der Waals surface area contributed by atoms with Crippen molar-refractivity contribution in [2.24, 2.45) is 5.92 Å². The summed E-state index contributed by atoms with van der Waals surface area (Å²) in [7, 11) is 2.80. The minimum Gasteiger partial charge on any atom is -0.378 e. The minimum absolute atomic E-state index is 0.00219. The maximum atomic E-state index is 10.6. The Kier molecular flexibility index (Phi) is 7.13. The molecule has 0 rings (SSSR count). The lowest BCUT2D eigenvalue weighted by Gasteiger charge is -2.26. The highest BCUT2D eigenvalue weighted by Gasteiger charge is 2.17. The Hall–Kier alpha value is -0.130. The largest absolute Gasteiger partial charge is 0.378 e. The number of nitrogens with zero attached hydrogens (tertiary/aromatic N) is 1. The fourth-order valence-electron chi connectivity index (χ4n) is 1.34. The van der Waals surface area contributed by atoms with E-state index in [1.807, 2.05) is 20.8 Å². The van der Waals surface area contributed by atoms with Crippen molar-refractivity contribution in [1.82, 2.24) is 4.90 Å². The van der Waals surface area contributed by atoms with Gasteiger partial charge in [-0.1, -0.05) is 24.6 Å². The van der Waals surface area contributed by atoms with Gasteiger partial charge in [0.05, 0.1) is 0 Å². The van der Waals surface area contributed by atoms with Gasteiger partial charge in [0.2, 0.25) is 6.41 Å². The molecule has 0 fully saturated rings. The molecule has 0 aliphatic heterocycles. The van der Waals surface area contributed by atoms with Crippen molar-refractivity contribution in [3.8, 4) is 0 Å². The fourth-order valence-corrected chi connectivity index (χ4v) is 1.74. The summed E-state index contributed by atoms with van der Waals surface area (Å²) in [4.78, 5) is 12.2. The molecule has 0 aromatic rings. The first-order valence-electron chi connectivity index (χ1n) is 4.81. The van der Waals surface area contributed by atoms with Gasteiger partial charge < -0.3 is 10.0 Å². The van der Waals surface area contributed by atoms with E-state index in [0.29, 0.717) is 0 Å². The summed E-state index contributed by atoms with van der Waals surface area (Å²) in [5, 5.41) is 9.48. The van der Waals surface area contributed by atoms with Crippen LogP contribution in [-0.4, -0.2) is 34.9 Å². The van der Waals surface area contributed by atoms with Gasteiger partial charge in [-0.3, -0.25) is 4.79 Å². The molecule has 0 heterocycles. The third-order valence-electron chi connectivity index (χ3n) is 2.37. The molecule has 15 heavy (non-hydrogen) atoms. The summed E-state index contributed by atoms with van der Waals surface area (Å²) < 4.78 is 0. The van der Waals surface area contributed by atoms with Crippen LogP contribution >= 0.6 is 22.5 Å². The van der Waals surface area contributed by atoms with Crippen LogP contribution in [0.15, 0.2) is 11.6 Å². The third-order valence-corrected chi connectivity index (χ3v) is 3.37. The average molecular weight is 249 g/mol. The molecular weight excluding hydrogens is 230 g/mol. The summed E-state index contributed by atoms with van der Waals surface area (Å²) >= 11 is 3.94. The maximum Gasteiger partial charge on any atom is 0.209 e. The van der Waals surface area contributed by atoms with Crippen LogP contribution in [0.4, 0.5) is 0 Å². The molecule has 0 saturated carbocycles. The van der Waals surface area contributed by atoms with Crippen molar-refractivity contribution in [2.45, 2.75) is 32.2 Å². The van der Waals surface area contributed by atoms with Gasteiger partial charge in [-0.15, -0.1) is 11.7 Å². The van der Waals surface area contributed by atoms with Crippen molar-refractivity contribution >= 4 is 28.9 Å². The molecule has 0 spiro atoms. The van der Waals surface area contributed by atoms with Crippen molar-refractivity contribution in [2.75, 3.05) is 7.05 Å². The first-order chi connectivity index (χ1) is 6.93. The maximum absolute atomic E-state index is 10.6. The van der Waals surface area contributed by atoms with E-state index in [1.54, 1.807) is 18.0 Å².